The van der Waals surface area contributed by atoms with Gasteiger partial charge in [0.1, 0.15) is 5.69 Å². The van der Waals surface area contributed by atoms with Crippen molar-refractivity contribution in [2.45, 2.75) is 64.8 Å². The van der Waals surface area contributed by atoms with Crippen LogP contribution < -0.4 is 0 Å². The molecule has 0 spiro atoms. The molecule has 0 bridgehead atoms. The highest BCUT2D eigenvalue weighted by Crippen LogP contribution is 2.09. The molecule has 1 heterocycles. The number of unbranched alkanes of at least 4 members (excludes halogenated alkanes) is 7. The Bertz CT molecular complexity index is 307. The molecule has 0 amide bonds. The van der Waals surface area contributed by atoms with Gasteiger partial charge in [0.15, 0.2) is 6.29 Å². The number of carbonyl (C=O) groups is 1. The standard InChI is InChI=1S/C14H24N2O/c1-2-3-4-5-6-7-8-9-10-16-11-14(12-17)15-13-16/h11-13H,2-10H2,1H3. The van der Waals surface area contributed by atoms with Crippen molar-refractivity contribution < 1.29 is 4.79 Å². The first kappa shape index (κ1) is 13.9. The number of rotatable bonds is 10. The number of aromatic nitrogens is 2. The number of aldehydes is 1. The average molecular weight is 236 g/mol. The number of nitrogens with zero attached hydrogens (tertiary/aromatic N) is 2. The monoisotopic (exact) mass is 236 g/mol. The number of hydrogen-bond donors (Lipinski definition) is 0. The van der Waals surface area contributed by atoms with Crippen molar-refractivity contribution in [1.82, 2.24) is 9.55 Å². The van der Waals surface area contributed by atoms with Crippen LogP contribution in [0.15, 0.2) is 12.5 Å². The van der Waals surface area contributed by atoms with Crippen LogP contribution in [0, 0.1) is 0 Å². The van der Waals surface area contributed by atoms with E-state index in [1.165, 1.54) is 51.4 Å². The van der Waals surface area contributed by atoms with Crippen LogP contribution in [-0.4, -0.2) is 15.8 Å². The lowest BCUT2D eigenvalue weighted by molar-refractivity contribution is 0.111. The SMILES string of the molecule is CCCCCCCCCCn1cnc(C=O)c1. The fourth-order valence-corrected chi connectivity index (χ4v) is 1.99. The van der Waals surface area contributed by atoms with Gasteiger partial charge in [0.2, 0.25) is 0 Å². The van der Waals surface area contributed by atoms with Crippen LogP contribution in [0.3, 0.4) is 0 Å². The van der Waals surface area contributed by atoms with Crippen molar-refractivity contribution >= 4 is 6.29 Å². The summed E-state index contributed by atoms with van der Waals surface area (Å²) < 4.78 is 2.00. The molecule has 1 aromatic heterocycles. The lowest BCUT2D eigenvalue weighted by Crippen LogP contribution is -1.94. The molecule has 0 aliphatic rings. The van der Waals surface area contributed by atoms with Gasteiger partial charge in [-0.05, 0) is 6.42 Å². The molecule has 0 aliphatic heterocycles. The first-order chi connectivity index (χ1) is 8.36. The van der Waals surface area contributed by atoms with E-state index < -0.39 is 0 Å². The van der Waals surface area contributed by atoms with Crippen LogP contribution in [0.5, 0.6) is 0 Å². The molecule has 0 aliphatic carbocycles. The second kappa shape index (κ2) is 8.97. The summed E-state index contributed by atoms with van der Waals surface area (Å²) in [6.45, 7) is 3.23. The first-order valence-corrected chi connectivity index (χ1v) is 6.83. The molecule has 0 unspecified atom stereocenters. The molecule has 0 fully saturated rings. The minimum Gasteiger partial charge on any atom is -0.337 e. The highest BCUT2D eigenvalue weighted by molar-refractivity contribution is 5.70. The Morgan fingerprint density at radius 3 is 2.35 bits per heavy atom. The summed E-state index contributed by atoms with van der Waals surface area (Å²) in [4.78, 5) is 14.4. The molecule has 96 valence electrons. The van der Waals surface area contributed by atoms with Gasteiger partial charge in [-0.2, -0.15) is 0 Å². The highest BCUT2D eigenvalue weighted by atomic mass is 16.1. The molecule has 0 atom stereocenters. The Labute approximate surface area is 104 Å². The van der Waals surface area contributed by atoms with E-state index in [1.54, 1.807) is 6.33 Å². The molecule has 0 aromatic carbocycles. The smallest absolute Gasteiger partial charge is 0.169 e. The maximum absolute atomic E-state index is 10.4. The number of carbonyl (C=O) groups excluding carboxylic acids is 1. The van der Waals surface area contributed by atoms with Crippen molar-refractivity contribution in [3.63, 3.8) is 0 Å². The van der Waals surface area contributed by atoms with Crippen molar-refractivity contribution in [3.8, 4) is 0 Å². The molecule has 0 radical (unpaired) electrons. The summed E-state index contributed by atoms with van der Waals surface area (Å²) in [5.41, 5.74) is 0.532. The molecule has 0 saturated heterocycles. The second-order valence-electron chi connectivity index (χ2n) is 4.63. The zero-order valence-electron chi connectivity index (χ0n) is 10.9. The van der Waals surface area contributed by atoms with Gasteiger partial charge in [-0.1, -0.05) is 51.9 Å². The predicted octanol–water partition coefficient (Wildman–Crippen LogP) is 3.84. The normalized spacial score (nSPS) is 10.6. The maximum Gasteiger partial charge on any atom is 0.169 e. The van der Waals surface area contributed by atoms with E-state index in [1.807, 2.05) is 10.8 Å². The molecule has 0 N–H and O–H groups in total. The summed E-state index contributed by atoms with van der Waals surface area (Å²) in [5.74, 6) is 0. The van der Waals surface area contributed by atoms with Crippen LogP contribution in [0.1, 0.15) is 68.8 Å². The van der Waals surface area contributed by atoms with Gasteiger partial charge >= 0.3 is 0 Å². The molecule has 1 aromatic rings. The quantitative estimate of drug-likeness (QED) is 0.457. The van der Waals surface area contributed by atoms with Gasteiger partial charge in [-0.25, -0.2) is 4.98 Å². The van der Waals surface area contributed by atoms with E-state index in [4.69, 9.17) is 0 Å². The van der Waals surface area contributed by atoms with Gasteiger partial charge < -0.3 is 4.57 Å². The van der Waals surface area contributed by atoms with E-state index in [0.29, 0.717) is 5.69 Å². The van der Waals surface area contributed by atoms with Crippen LogP contribution in [0.25, 0.3) is 0 Å². The third-order valence-electron chi connectivity index (χ3n) is 3.04. The Kier molecular flexibility index (Phi) is 7.35. The number of hydrogen-bond acceptors (Lipinski definition) is 2. The van der Waals surface area contributed by atoms with Crippen molar-refractivity contribution in [2.24, 2.45) is 0 Å². The fraction of sp³-hybridized carbons (Fsp3) is 0.714. The Morgan fingerprint density at radius 2 is 1.76 bits per heavy atom. The Morgan fingerprint density at radius 1 is 1.12 bits per heavy atom. The third-order valence-corrected chi connectivity index (χ3v) is 3.04. The number of aryl methyl sites for hydroxylation is 1. The van der Waals surface area contributed by atoms with Crippen LogP contribution >= 0.6 is 0 Å². The van der Waals surface area contributed by atoms with Crippen molar-refractivity contribution in [1.29, 1.82) is 0 Å². The Hall–Kier alpha value is -1.12. The lowest BCUT2D eigenvalue weighted by atomic mass is 10.1. The molecule has 0 saturated carbocycles. The number of imidazole rings is 1. The van der Waals surface area contributed by atoms with Crippen LogP contribution in [0.4, 0.5) is 0 Å². The van der Waals surface area contributed by atoms with E-state index in [-0.39, 0.29) is 0 Å². The lowest BCUT2D eigenvalue weighted by Gasteiger charge is -2.02. The predicted molar refractivity (Wildman–Crippen MR) is 70.2 cm³/mol. The second-order valence-corrected chi connectivity index (χ2v) is 4.63. The van der Waals surface area contributed by atoms with E-state index in [0.717, 1.165) is 12.8 Å². The highest BCUT2D eigenvalue weighted by Gasteiger charge is 1.96. The summed E-state index contributed by atoms with van der Waals surface area (Å²) in [6.07, 6.45) is 15.0. The molecule has 17 heavy (non-hydrogen) atoms. The van der Waals surface area contributed by atoms with Gasteiger partial charge in [0.25, 0.3) is 0 Å². The molecular weight excluding hydrogens is 212 g/mol. The third kappa shape index (κ3) is 6.25. The zero-order valence-corrected chi connectivity index (χ0v) is 10.9. The molecular formula is C14H24N2O. The van der Waals surface area contributed by atoms with Gasteiger partial charge in [-0.15, -0.1) is 0 Å². The van der Waals surface area contributed by atoms with Crippen molar-refractivity contribution in [2.75, 3.05) is 0 Å². The minimum atomic E-state index is 0.532. The van der Waals surface area contributed by atoms with Crippen LogP contribution in [0.2, 0.25) is 0 Å². The molecule has 3 heteroatoms. The van der Waals surface area contributed by atoms with E-state index in [2.05, 4.69) is 11.9 Å². The van der Waals surface area contributed by atoms with Gasteiger partial charge in [0.05, 0.1) is 6.33 Å². The maximum atomic E-state index is 10.4. The minimum absolute atomic E-state index is 0.532. The summed E-state index contributed by atoms with van der Waals surface area (Å²) in [5, 5.41) is 0. The average Bonchev–Trinajstić information content (AvgIpc) is 2.80. The summed E-state index contributed by atoms with van der Waals surface area (Å²) >= 11 is 0. The van der Waals surface area contributed by atoms with Gasteiger partial charge in [-0.3, -0.25) is 4.79 Å². The largest absolute Gasteiger partial charge is 0.337 e. The van der Waals surface area contributed by atoms with E-state index >= 15 is 0 Å². The summed E-state index contributed by atoms with van der Waals surface area (Å²) in [6, 6.07) is 0. The topological polar surface area (TPSA) is 34.9 Å². The van der Waals surface area contributed by atoms with Crippen molar-refractivity contribution in [3.05, 3.63) is 18.2 Å². The Balaban J connectivity index is 1.95. The molecule has 1 rings (SSSR count). The zero-order chi connectivity index (χ0) is 12.3. The van der Waals surface area contributed by atoms with Gasteiger partial charge in [0, 0.05) is 12.7 Å². The fourth-order valence-electron chi connectivity index (χ4n) is 1.99. The van der Waals surface area contributed by atoms with E-state index in [9.17, 15) is 4.79 Å². The first-order valence-electron chi connectivity index (χ1n) is 6.83. The molecule has 3 nitrogen and oxygen atoms in total. The van der Waals surface area contributed by atoms with Crippen LogP contribution in [-0.2, 0) is 6.54 Å². The summed E-state index contributed by atoms with van der Waals surface area (Å²) in [7, 11) is 0.